The van der Waals surface area contributed by atoms with Gasteiger partial charge in [0.1, 0.15) is 17.2 Å². The Labute approximate surface area is 396 Å². The van der Waals surface area contributed by atoms with E-state index in [1.165, 1.54) is 32.4 Å². The molecule has 18 heteroatoms. The molecule has 10 rings (SSSR count). The van der Waals surface area contributed by atoms with Crippen molar-refractivity contribution in [3.63, 3.8) is 0 Å². The molecule has 0 radical (unpaired) electrons. The molecule has 18 nitrogen and oxygen atoms in total. The molecule has 8 N–H and O–H groups in total. The molecule has 7 aromatic rings. The molecule has 354 valence electrons. The van der Waals surface area contributed by atoms with E-state index in [1.807, 2.05) is 39.8 Å². The Hall–Kier alpha value is -7.70. The molecule has 1 saturated carbocycles. The molecular formula is C50H60N14O4. The predicted molar refractivity (Wildman–Crippen MR) is 264 cm³/mol. The van der Waals surface area contributed by atoms with Gasteiger partial charge in [0, 0.05) is 91.6 Å². The number of ether oxygens (including phenoxy) is 3. The number of amides is 1. The first kappa shape index (κ1) is 48.2. The molecule has 1 aliphatic carbocycles. The first-order valence-electron chi connectivity index (χ1n) is 22.5. The fraction of sp³-hybridized carbons (Fsp3) is 0.320. The number of nitrogens with zero attached hydrogens (tertiary/aromatic N) is 10. The number of piperidine rings is 1. The second-order valence-corrected chi connectivity index (χ2v) is 16.4. The number of methoxy groups -OCH3 is 3. The molecule has 2 saturated heterocycles. The van der Waals surface area contributed by atoms with Gasteiger partial charge in [0.2, 0.25) is 0 Å². The third-order valence-corrected chi connectivity index (χ3v) is 12.0. The van der Waals surface area contributed by atoms with Gasteiger partial charge in [-0.1, -0.05) is 12.1 Å². The number of nitrogens with two attached hydrogens (primary N) is 4. The van der Waals surface area contributed by atoms with Gasteiger partial charge >= 0.3 is 0 Å². The smallest absolute Gasteiger partial charge is 0.272 e. The number of rotatable bonds is 11. The minimum atomic E-state index is 0.0244. The van der Waals surface area contributed by atoms with Gasteiger partial charge in [0.25, 0.3) is 5.91 Å². The second-order valence-electron chi connectivity index (χ2n) is 16.4. The van der Waals surface area contributed by atoms with Gasteiger partial charge in [-0.2, -0.15) is 0 Å². The number of anilines is 4. The van der Waals surface area contributed by atoms with Gasteiger partial charge in [-0.05, 0) is 75.4 Å². The first-order chi connectivity index (χ1) is 33.2. The molecule has 3 fully saturated rings. The molecule has 3 aliphatic rings. The topological polar surface area (TPSA) is 250 Å². The van der Waals surface area contributed by atoms with Gasteiger partial charge in [-0.25, -0.2) is 4.98 Å². The summed E-state index contributed by atoms with van der Waals surface area (Å²) in [6.07, 6.45) is 28.0. The van der Waals surface area contributed by atoms with Crippen LogP contribution >= 0.6 is 0 Å². The lowest BCUT2D eigenvalue weighted by Gasteiger charge is -2.42. The van der Waals surface area contributed by atoms with E-state index in [0.29, 0.717) is 47.1 Å². The van der Waals surface area contributed by atoms with Crippen LogP contribution in [0, 0.1) is 0 Å². The average molecular weight is 921 g/mol. The highest BCUT2D eigenvalue weighted by molar-refractivity contribution is 5.93. The SMILES string of the molecule is COCCn1cncc1-c1ccncc1N.COc1cncc(N)c1-c1cccnc1.COc1cncc(N)c1C1CC1.Nc1cnccc1-c1ccc(C(=O)N2CCC(N3CCC3)CC2)nc1. The van der Waals surface area contributed by atoms with Crippen LogP contribution in [0.3, 0.4) is 0 Å². The fourth-order valence-corrected chi connectivity index (χ4v) is 8.07. The van der Waals surface area contributed by atoms with Crippen molar-refractivity contribution in [3.05, 3.63) is 128 Å². The van der Waals surface area contributed by atoms with Gasteiger partial charge < -0.3 is 51.5 Å². The molecule has 68 heavy (non-hydrogen) atoms. The molecular weight excluding hydrogens is 861 g/mol. The Bertz CT molecular complexity index is 2690. The summed E-state index contributed by atoms with van der Waals surface area (Å²) in [7, 11) is 4.93. The zero-order chi connectivity index (χ0) is 47.8. The molecule has 0 spiro atoms. The van der Waals surface area contributed by atoms with Crippen molar-refractivity contribution in [2.75, 3.05) is 77.0 Å². The summed E-state index contributed by atoms with van der Waals surface area (Å²) in [6, 6.07) is 11.9. The fourth-order valence-electron chi connectivity index (χ4n) is 8.07. The van der Waals surface area contributed by atoms with Crippen molar-refractivity contribution in [1.29, 1.82) is 0 Å². The van der Waals surface area contributed by atoms with Gasteiger partial charge in [0.05, 0.1) is 105 Å². The summed E-state index contributed by atoms with van der Waals surface area (Å²) in [4.78, 5) is 45.6. The van der Waals surface area contributed by atoms with E-state index in [0.717, 1.165) is 83.0 Å². The van der Waals surface area contributed by atoms with Crippen molar-refractivity contribution in [3.8, 4) is 45.0 Å². The third-order valence-electron chi connectivity index (χ3n) is 12.0. The van der Waals surface area contributed by atoms with Gasteiger partial charge in [-0.15, -0.1) is 0 Å². The lowest BCUT2D eigenvalue weighted by Crippen LogP contribution is -2.51. The molecule has 7 aromatic heterocycles. The van der Waals surface area contributed by atoms with Crippen molar-refractivity contribution >= 4 is 28.7 Å². The minimum Gasteiger partial charge on any atom is -0.495 e. The van der Waals surface area contributed by atoms with Crippen LogP contribution < -0.4 is 32.4 Å². The van der Waals surface area contributed by atoms with E-state index < -0.39 is 0 Å². The summed E-state index contributed by atoms with van der Waals surface area (Å²) in [5.41, 5.74) is 33.2. The molecule has 1 amide bonds. The van der Waals surface area contributed by atoms with Crippen LogP contribution in [0.4, 0.5) is 22.7 Å². The molecule has 0 bridgehead atoms. The van der Waals surface area contributed by atoms with Crippen molar-refractivity contribution < 1.29 is 19.0 Å². The number of nitrogen functional groups attached to an aromatic ring is 4. The van der Waals surface area contributed by atoms with Crippen LogP contribution in [-0.2, 0) is 11.3 Å². The molecule has 2 aliphatic heterocycles. The van der Waals surface area contributed by atoms with Crippen LogP contribution in [0.25, 0.3) is 33.5 Å². The van der Waals surface area contributed by atoms with E-state index in [9.17, 15) is 4.79 Å². The molecule has 0 atom stereocenters. The number of hydrogen-bond acceptors (Lipinski definition) is 16. The number of aromatic nitrogens is 8. The van der Waals surface area contributed by atoms with Crippen molar-refractivity contribution in [2.24, 2.45) is 0 Å². The van der Waals surface area contributed by atoms with Crippen LogP contribution in [0.15, 0.2) is 117 Å². The van der Waals surface area contributed by atoms with Crippen molar-refractivity contribution in [1.82, 2.24) is 49.3 Å². The number of hydrogen-bond donors (Lipinski definition) is 4. The van der Waals surface area contributed by atoms with E-state index in [4.69, 9.17) is 37.1 Å². The highest BCUT2D eigenvalue weighted by Crippen LogP contribution is 2.46. The maximum Gasteiger partial charge on any atom is 0.272 e. The van der Waals surface area contributed by atoms with Crippen LogP contribution in [0.2, 0.25) is 0 Å². The second kappa shape index (κ2) is 23.7. The van der Waals surface area contributed by atoms with E-state index in [1.54, 1.807) is 108 Å². The molecule has 0 unspecified atom stereocenters. The van der Waals surface area contributed by atoms with Crippen molar-refractivity contribution in [2.45, 2.75) is 50.6 Å². The van der Waals surface area contributed by atoms with Gasteiger partial charge in [-0.3, -0.25) is 34.7 Å². The predicted octanol–water partition coefficient (Wildman–Crippen LogP) is 6.49. The number of likely N-dealkylation sites (tertiary alicyclic amines) is 2. The Morgan fingerprint density at radius 1 is 0.632 bits per heavy atom. The Balaban J connectivity index is 0.000000140. The van der Waals surface area contributed by atoms with Crippen LogP contribution in [0.5, 0.6) is 11.5 Å². The van der Waals surface area contributed by atoms with E-state index in [-0.39, 0.29) is 5.91 Å². The molecule has 9 heterocycles. The Kier molecular flexibility index (Phi) is 16.8. The highest BCUT2D eigenvalue weighted by atomic mass is 16.5. The summed E-state index contributed by atoms with van der Waals surface area (Å²) in [5, 5.41) is 0. The average Bonchev–Trinajstić information content (AvgIpc) is 4.09. The summed E-state index contributed by atoms with van der Waals surface area (Å²) in [6.45, 7) is 5.49. The maximum atomic E-state index is 12.7. The summed E-state index contributed by atoms with van der Waals surface area (Å²) >= 11 is 0. The number of imidazole rings is 1. The van der Waals surface area contributed by atoms with Gasteiger partial charge in [0.15, 0.2) is 0 Å². The normalized spacial score (nSPS) is 14.4. The largest absolute Gasteiger partial charge is 0.495 e. The minimum absolute atomic E-state index is 0.0244. The summed E-state index contributed by atoms with van der Waals surface area (Å²) < 4.78 is 17.4. The monoisotopic (exact) mass is 920 g/mol. The number of carbonyl (C=O) groups excluding carboxylic acids is 1. The first-order valence-corrected chi connectivity index (χ1v) is 22.5. The van der Waals surface area contributed by atoms with E-state index >= 15 is 0 Å². The summed E-state index contributed by atoms with van der Waals surface area (Å²) in [5.74, 6) is 2.12. The Morgan fingerprint density at radius 3 is 1.88 bits per heavy atom. The van der Waals surface area contributed by atoms with Crippen LogP contribution in [0.1, 0.15) is 54.1 Å². The third kappa shape index (κ3) is 12.2. The Morgan fingerprint density at radius 2 is 1.29 bits per heavy atom. The highest BCUT2D eigenvalue weighted by Gasteiger charge is 2.31. The number of pyridine rings is 6. The zero-order valence-electron chi connectivity index (χ0n) is 38.8. The standard InChI is InChI=1S/C19H23N5O.C11H14N4O.C11H11N3O.C9H12N2O/c20-17-13-21-7-4-16(17)14-2-3-18(22-12-14)19(25)24-10-5-15(6-11-24)23-8-1-9-23;1-16-5-4-15-8-14-7-11(15)9-2-3-13-6-10(9)12;1-15-10-7-14-6-9(12)11(10)8-3-2-4-13-5-8;1-12-8-5-11-4-7(10)9(8)6-2-3-6/h2-4,7,12-13,15H,1,5-6,8-11,20H2;2-3,6-8H,4-5,12H2,1H3;2-7H,12H2,1H3;4-6H,2-3,10H2,1H3. The van der Waals surface area contributed by atoms with E-state index in [2.05, 4.69) is 39.8 Å². The lowest BCUT2D eigenvalue weighted by atomic mass is 9.99. The van der Waals surface area contributed by atoms with Crippen LogP contribution in [-0.4, -0.2) is 115 Å². The number of carbonyl (C=O) groups is 1. The quantitative estimate of drug-likeness (QED) is 0.108. The maximum absolute atomic E-state index is 12.7. The lowest BCUT2D eigenvalue weighted by molar-refractivity contribution is 0.0485. The zero-order valence-corrected chi connectivity index (χ0v) is 38.8. The molecule has 0 aromatic carbocycles.